The van der Waals surface area contributed by atoms with Gasteiger partial charge in [-0.05, 0) is 0 Å². The molecule has 1 heteroatoms. The normalized spacial score (nSPS) is 12.1. The monoisotopic (exact) mass is 124 g/mol. The number of hydrogen-bond acceptors (Lipinski definition) is 1. The van der Waals surface area contributed by atoms with Crippen LogP contribution in [0.5, 0.6) is 0 Å². The van der Waals surface area contributed by atoms with E-state index in [0.717, 1.165) is 0 Å². The molecule has 0 radical (unpaired) electrons. The van der Waals surface area contributed by atoms with Crippen molar-refractivity contribution in [2.24, 2.45) is 5.92 Å². The second-order valence-corrected chi connectivity index (χ2v) is 1.98. The van der Waals surface area contributed by atoms with Crippen molar-refractivity contribution in [1.82, 2.24) is 0 Å². The van der Waals surface area contributed by atoms with E-state index in [0.29, 0.717) is 6.42 Å². The largest absolute Gasteiger partial charge is 0.299 e. The van der Waals surface area contributed by atoms with Crippen LogP contribution < -0.4 is 0 Å². The summed E-state index contributed by atoms with van der Waals surface area (Å²) in [7, 11) is 0. The standard InChI is InChI=1S/C8H12O/c1-4-6-8(9)7(3)5-2/h4-5,7H,1-2,6H2,3H3. The smallest absolute Gasteiger partial charge is 0.143 e. The maximum atomic E-state index is 10.8. The molecule has 1 unspecified atom stereocenters. The molecule has 0 aromatic heterocycles. The molecule has 0 fully saturated rings. The highest BCUT2D eigenvalue weighted by molar-refractivity contribution is 5.83. The van der Waals surface area contributed by atoms with E-state index in [4.69, 9.17) is 0 Å². The Morgan fingerprint density at radius 3 is 2.56 bits per heavy atom. The van der Waals surface area contributed by atoms with E-state index < -0.39 is 0 Å². The number of rotatable bonds is 4. The molecular formula is C8H12O. The van der Waals surface area contributed by atoms with Gasteiger partial charge in [-0.1, -0.05) is 19.1 Å². The minimum atomic E-state index is -0.0250. The molecule has 0 aliphatic carbocycles. The molecule has 9 heavy (non-hydrogen) atoms. The Balaban J connectivity index is 3.71. The van der Waals surface area contributed by atoms with Crippen molar-refractivity contribution in [2.45, 2.75) is 13.3 Å². The molecule has 1 atom stereocenters. The summed E-state index contributed by atoms with van der Waals surface area (Å²) in [6, 6.07) is 0. The molecule has 0 amide bonds. The molecule has 0 N–H and O–H groups in total. The van der Waals surface area contributed by atoms with E-state index >= 15 is 0 Å². The quantitative estimate of drug-likeness (QED) is 0.523. The summed E-state index contributed by atoms with van der Waals surface area (Å²) < 4.78 is 0. The lowest BCUT2D eigenvalue weighted by molar-refractivity contribution is -0.120. The van der Waals surface area contributed by atoms with Crippen LogP contribution in [0.1, 0.15) is 13.3 Å². The van der Waals surface area contributed by atoms with E-state index in [2.05, 4.69) is 13.2 Å². The van der Waals surface area contributed by atoms with Gasteiger partial charge in [0.05, 0.1) is 0 Å². The third kappa shape index (κ3) is 2.85. The minimum absolute atomic E-state index is 0.0250. The summed E-state index contributed by atoms with van der Waals surface area (Å²) in [5, 5.41) is 0. The van der Waals surface area contributed by atoms with Gasteiger partial charge in [-0.25, -0.2) is 0 Å². The molecule has 0 heterocycles. The fraction of sp³-hybridized carbons (Fsp3) is 0.375. The summed E-state index contributed by atoms with van der Waals surface area (Å²) in [6.07, 6.45) is 3.71. The van der Waals surface area contributed by atoms with Gasteiger partial charge in [0.2, 0.25) is 0 Å². The number of carbonyl (C=O) groups is 1. The average Bonchev–Trinajstić information content (AvgIpc) is 1.87. The zero-order valence-corrected chi connectivity index (χ0v) is 5.76. The molecule has 0 aromatic carbocycles. The SMILES string of the molecule is C=CCC(=O)C(C)C=C. The van der Waals surface area contributed by atoms with Crippen LogP contribution >= 0.6 is 0 Å². The minimum Gasteiger partial charge on any atom is -0.299 e. The molecule has 0 aliphatic heterocycles. The summed E-state index contributed by atoms with van der Waals surface area (Å²) >= 11 is 0. The Morgan fingerprint density at radius 1 is 1.67 bits per heavy atom. The van der Waals surface area contributed by atoms with Crippen LogP contribution in [0, 0.1) is 5.92 Å². The van der Waals surface area contributed by atoms with Gasteiger partial charge in [-0.2, -0.15) is 0 Å². The number of ketones is 1. The first-order chi connectivity index (χ1) is 4.22. The molecule has 0 spiro atoms. The van der Waals surface area contributed by atoms with Crippen LogP contribution in [0.4, 0.5) is 0 Å². The fourth-order valence-electron chi connectivity index (χ4n) is 0.460. The first-order valence-corrected chi connectivity index (χ1v) is 2.98. The van der Waals surface area contributed by atoms with Crippen molar-refractivity contribution in [3.05, 3.63) is 25.3 Å². The molecule has 0 aromatic rings. The van der Waals surface area contributed by atoms with Crippen molar-refractivity contribution in [1.29, 1.82) is 0 Å². The van der Waals surface area contributed by atoms with Gasteiger partial charge in [-0.15, -0.1) is 13.2 Å². The Morgan fingerprint density at radius 2 is 2.22 bits per heavy atom. The van der Waals surface area contributed by atoms with E-state index in [1.165, 1.54) is 0 Å². The number of Topliss-reactive ketones (excluding diaryl/α,β-unsaturated/α-hetero) is 1. The molecule has 50 valence electrons. The van der Waals surface area contributed by atoms with Crippen LogP contribution in [-0.4, -0.2) is 5.78 Å². The highest BCUT2D eigenvalue weighted by Crippen LogP contribution is 2.00. The van der Waals surface area contributed by atoms with Gasteiger partial charge < -0.3 is 0 Å². The number of allylic oxidation sites excluding steroid dienone is 2. The third-order valence-electron chi connectivity index (χ3n) is 1.21. The van der Waals surface area contributed by atoms with Gasteiger partial charge in [0.15, 0.2) is 0 Å². The summed E-state index contributed by atoms with van der Waals surface area (Å²) in [5.41, 5.74) is 0. The van der Waals surface area contributed by atoms with Crippen LogP contribution in [0.3, 0.4) is 0 Å². The number of hydrogen-bond donors (Lipinski definition) is 0. The predicted octanol–water partition coefficient (Wildman–Crippen LogP) is 1.95. The lowest BCUT2D eigenvalue weighted by atomic mass is 10.0. The van der Waals surface area contributed by atoms with Gasteiger partial charge in [0.25, 0.3) is 0 Å². The van der Waals surface area contributed by atoms with Gasteiger partial charge >= 0.3 is 0 Å². The third-order valence-corrected chi connectivity index (χ3v) is 1.21. The maximum absolute atomic E-state index is 10.8. The van der Waals surface area contributed by atoms with Crippen molar-refractivity contribution in [3.8, 4) is 0 Å². The van der Waals surface area contributed by atoms with Gasteiger partial charge in [0.1, 0.15) is 5.78 Å². The van der Waals surface area contributed by atoms with Crippen LogP contribution in [0.15, 0.2) is 25.3 Å². The first kappa shape index (κ1) is 8.15. The summed E-state index contributed by atoms with van der Waals surface area (Å²) in [4.78, 5) is 10.8. The summed E-state index contributed by atoms with van der Waals surface area (Å²) in [5.74, 6) is 0.156. The molecule has 0 saturated heterocycles. The van der Waals surface area contributed by atoms with Crippen LogP contribution in [0.2, 0.25) is 0 Å². The highest BCUT2D eigenvalue weighted by Gasteiger charge is 2.04. The molecule has 0 saturated carbocycles. The molecular weight excluding hydrogens is 112 g/mol. The van der Waals surface area contributed by atoms with Crippen LogP contribution in [-0.2, 0) is 4.79 Å². The zero-order valence-electron chi connectivity index (χ0n) is 5.76. The summed E-state index contributed by atoms with van der Waals surface area (Å²) in [6.45, 7) is 8.80. The maximum Gasteiger partial charge on any atom is 0.143 e. The molecule has 0 rings (SSSR count). The van der Waals surface area contributed by atoms with Crippen LogP contribution in [0.25, 0.3) is 0 Å². The van der Waals surface area contributed by atoms with E-state index in [-0.39, 0.29) is 11.7 Å². The predicted molar refractivity (Wildman–Crippen MR) is 39.2 cm³/mol. The lowest BCUT2D eigenvalue weighted by Gasteiger charge is -1.99. The fourth-order valence-corrected chi connectivity index (χ4v) is 0.460. The Hall–Kier alpha value is -0.850. The zero-order chi connectivity index (χ0) is 7.28. The van der Waals surface area contributed by atoms with Gasteiger partial charge in [0, 0.05) is 12.3 Å². The first-order valence-electron chi connectivity index (χ1n) is 2.98. The Bertz CT molecular complexity index is 125. The van der Waals surface area contributed by atoms with Crippen molar-refractivity contribution < 1.29 is 4.79 Å². The molecule has 1 nitrogen and oxygen atoms in total. The molecule has 0 bridgehead atoms. The highest BCUT2D eigenvalue weighted by atomic mass is 16.1. The van der Waals surface area contributed by atoms with E-state index in [1.807, 2.05) is 6.92 Å². The second-order valence-electron chi connectivity index (χ2n) is 1.98. The van der Waals surface area contributed by atoms with Crippen molar-refractivity contribution in [2.75, 3.05) is 0 Å². The van der Waals surface area contributed by atoms with E-state index in [9.17, 15) is 4.79 Å². The lowest BCUT2D eigenvalue weighted by Crippen LogP contribution is -2.05. The van der Waals surface area contributed by atoms with Gasteiger partial charge in [-0.3, -0.25) is 4.79 Å². The van der Waals surface area contributed by atoms with E-state index in [1.54, 1.807) is 12.2 Å². The topological polar surface area (TPSA) is 17.1 Å². The Kier molecular flexibility index (Phi) is 3.69. The second kappa shape index (κ2) is 4.07. The number of carbonyl (C=O) groups excluding carboxylic acids is 1. The van der Waals surface area contributed by atoms with Crippen molar-refractivity contribution >= 4 is 5.78 Å². The average molecular weight is 124 g/mol. The molecule has 0 aliphatic rings. The van der Waals surface area contributed by atoms with Crippen molar-refractivity contribution in [3.63, 3.8) is 0 Å². The Labute approximate surface area is 56.1 Å².